The molecule has 2 atom stereocenters. The number of hydrogen-bond acceptors (Lipinski definition) is 4. The highest BCUT2D eigenvalue weighted by atomic mass is 35.5. The summed E-state index contributed by atoms with van der Waals surface area (Å²) in [5.41, 5.74) is 4.77. The van der Waals surface area contributed by atoms with Gasteiger partial charge in [0.2, 0.25) is 0 Å². The van der Waals surface area contributed by atoms with Gasteiger partial charge in [0.1, 0.15) is 22.0 Å². The van der Waals surface area contributed by atoms with Gasteiger partial charge in [-0.2, -0.15) is 8.80 Å². The molecule has 0 aliphatic heterocycles. The largest absolute Gasteiger partial charge is 0.388 e. The van der Waals surface area contributed by atoms with Gasteiger partial charge in [0.15, 0.2) is 0 Å². The third kappa shape index (κ3) is 11.4. The zero-order valence-electron chi connectivity index (χ0n) is 27.7. The summed E-state index contributed by atoms with van der Waals surface area (Å²) in [6, 6.07) is 11.2. The second-order valence-electron chi connectivity index (χ2n) is 14.0. The van der Waals surface area contributed by atoms with E-state index in [2.05, 4.69) is 61.0 Å². The Morgan fingerprint density at radius 2 is 0.881 bits per heavy atom. The summed E-state index contributed by atoms with van der Waals surface area (Å²) in [6.45, 7) is 23.9. The van der Waals surface area contributed by atoms with Crippen LogP contribution < -0.4 is 10.6 Å². The molecular formula is C32H50Cl2N4O2S2. The van der Waals surface area contributed by atoms with Crippen LogP contribution in [0.2, 0.25) is 10.0 Å². The Morgan fingerprint density at radius 3 is 1.10 bits per heavy atom. The van der Waals surface area contributed by atoms with E-state index in [0.29, 0.717) is 10.0 Å². The Labute approximate surface area is 269 Å². The molecule has 42 heavy (non-hydrogen) atoms. The average molecular weight is 658 g/mol. The number of anilines is 2. The topological polar surface area (TPSA) is 82.9 Å². The normalized spacial score (nSPS) is 15.0. The summed E-state index contributed by atoms with van der Waals surface area (Å²) in [7, 11) is 1.08. The molecule has 2 N–H and O–H groups in total. The van der Waals surface area contributed by atoms with Gasteiger partial charge in [-0.05, 0) is 77.9 Å². The molecule has 10 heteroatoms. The van der Waals surface area contributed by atoms with Crippen molar-refractivity contribution in [2.75, 3.05) is 24.7 Å². The highest BCUT2D eigenvalue weighted by Gasteiger charge is 2.29. The summed E-state index contributed by atoms with van der Waals surface area (Å²) in [4.78, 5) is 0. The number of benzene rings is 2. The third-order valence-corrected chi connectivity index (χ3v) is 9.09. The second-order valence-corrected chi connectivity index (χ2v) is 18.7. The van der Waals surface area contributed by atoms with Crippen molar-refractivity contribution in [2.45, 2.75) is 92.6 Å². The van der Waals surface area contributed by atoms with Crippen molar-refractivity contribution in [3.63, 3.8) is 0 Å². The van der Waals surface area contributed by atoms with E-state index in [4.69, 9.17) is 23.2 Å². The van der Waals surface area contributed by atoms with E-state index in [-0.39, 0.29) is 10.8 Å². The van der Waals surface area contributed by atoms with Crippen LogP contribution in [0.1, 0.15) is 94.2 Å². The maximum Gasteiger partial charge on any atom is 0.145 e. The number of rotatable bonds is 6. The summed E-state index contributed by atoms with van der Waals surface area (Å²) in [5, 5.41) is 7.58. The van der Waals surface area contributed by atoms with E-state index in [1.54, 1.807) is 0 Å². The minimum absolute atomic E-state index is 0.239. The van der Waals surface area contributed by atoms with E-state index in [1.165, 1.54) is 0 Å². The van der Waals surface area contributed by atoms with E-state index in [9.17, 15) is 8.42 Å². The van der Waals surface area contributed by atoms with Crippen molar-refractivity contribution < 1.29 is 8.42 Å². The second kappa shape index (κ2) is 14.8. The average Bonchev–Trinajstić information content (AvgIpc) is 2.83. The lowest BCUT2D eigenvalue weighted by Gasteiger charge is -2.25. The van der Waals surface area contributed by atoms with Gasteiger partial charge in [-0.1, -0.05) is 64.7 Å². The van der Waals surface area contributed by atoms with Crippen LogP contribution in [0.3, 0.4) is 0 Å². The van der Waals surface area contributed by atoms with E-state index in [0.717, 1.165) is 33.9 Å². The van der Waals surface area contributed by atoms with Crippen LogP contribution in [0.4, 0.5) is 11.4 Å². The Morgan fingerprint density at radius 1 is 0.595 bits per heavy atom. The van der Waals surface area contributed by atoms with Crippen molar-refractivity contribution in [1.29, 1.82) is 0 Å². The lowest BCUT2D eigenvalue weighted by molar-refractivity contribution is 0.591. The minimum Gasteiger partial charge on any atom is -0.388 e. The predicted octanol–water partition coefficient (Wildman–Crippen LogP) is 9.36. The van der Waals surface area contributed by atoms with Crippen LogP contribution in [-0.2, 0) is 22.0 Å². The molecule has 0 unspecified atom stereocenters. The molecule has 0 aromatic heterocycles. The first-order valence-electron chi connectivity index (χ1n) is 13.9. The maximum atomic E-state index is 12.4. The Balaban J connectivity index is 0.000000420. The van der Waals surface area contributed by atoms with Crippen LogP contribution in [0.25, 0.3) is 0 Å². The molecule has 2 rings (SSSR count). The van der Waals surface area contributed by atoms with Crippen LogP contribution in [-0.4, -0.2) is 43.4 Å². The van der Waals surface area contributed by atoms with Crippen LogP contribution in [0.5, 0.6) is 0 Å². The lowest BCUT2D eigenvalue weighted by atomic mass is 9.85. The molecule has 0 aliphatic rings. The molecule has 0 aliphatic carbocycles. The number of nitrogens with one attached hydrogen (secondary N) is 2. The van der Waals surface area contributed by atoms with Crippen LogP contribution in [0, 0.1) is 10.8 Å². The Hall–Kier alpha value is -1.74. The molecule has 0 saturated heterocycles. The Bertz CT molecular complexity index is 1240. The highest BCUT2D eigenvalue weighted by molar-refractivity contribution is 7.85. The fourth-order valence-electron chi connectivity index (χ4n) is 3.48. The molecule has 2 aromatic carbocycles. The maximum absolute atomic E-state index is 12.4. The minimum atomic E-state index is -1.31. The Kier molecular flexibility index (Phi) is 13.5. The third-order valence-electron chi connectivity index (χ3n) is 5.83. The summed E-state index contributed by atoms with van der Waals surface area (Å²) < 4.78 is 33.2. The molecule has 0 amide bonds. The predicted molar refractivity (Wildman–Crippen MR) is 190 cm³/mol. The van der Waals surface area contributed by atoms with E-state index < -0.39 is 31.5 Å². The summed E-state index contributed by atoms with van der Waals surface area (Å²) in [5.74, 6) is 0. The van der Waals surface area contributed by atoms with Gasteiger partial charge in [-0.15, -0.1) is 0 Å². The summed E-state index contributed by atoms with van der Waals surface area (Å²) >= 11 is 12.3. The molecule has 0 bridgehead atoms. The zero-order valence-corrected chi connectivity index (χ0v) is 30.9. The van der Waals surface area contributed by atoms with Crippen molar-refractivity contribution in [3.05, 3.63) is 57.6 Å². The molecule has 236 valence electrons. The van der Waals surface area contributed by atoms with Gasteiger partial charge in [-0.25, -0.2) is 8.42 Å². The van der Waals surface area contributed by atoms with Gasteiger partial charge < -0.3 is 10.6 Å². The molecular weight excluding hydrogens is 607 g/mol. The van der Waals surface area contributed by atoms with Gasteiger partial charge >= 0.3 is 0 Å². The lowest BCUT2D eigenvalue weighted by Crippen LogP contribution is -2.27. The SMILES string of the molecule is CNc1ccc(Cl)cc1/C(=N\[S@](=O)C(C)(C)C)C(C)(C)C.CNc1ccc(Cl)cc1/C(=N\[S@](=O)C(C)(C)C)C(C)(C)C. The molecule has 2 aromatic rings. The quantitative estimate of drug-likeness (QED) is 0.303. The van der Waals surface area contributed by atoms with Crippen LogP contribution >= 0.6 is 23.2 Å². The van der Waals surface area contributed by atoms with Crippen molar-refractivity contribution in [3.8, 4) is 0 Å². The van der Waals surface area contributed by atoms with Crippen molar-refractivity contribution >= 4 is 68.0 Å². The van der Waals surface area contributed by atoms with Crippen LogP contribution in [0.15, 0.2) is 45.2 Å². The van der Waals surface area contributed by atoms with Gasteiger partial charge in [0.05, 0.1) is 20.9 Å². The van der Waals surface area contributed by atoms with Gasteiger partial charge in [0.25, 0.3) is 0 Å². The summed E-state index contributed by atoms with van der Waals surface area (Å²) in [6.07, 6.45) is 0. The molecule has 0 saturated carbocycles. The monoisotopic (exact) mass is 656 g/mol. The fraction of sp³-hybridized carbons (Fsp3) is 0.562. The van der Waals surface area contributed by atoms with Crippen molar-refractivity contribution in [2.24, 2.45) is 19.6 Å². The fourth-order valence-corrected chi connectivity index (χ4v) is 5.45. The molecule has 0 radical (unpaired) electrons. The first kappa shape index (κ1) is 38.3. The smallest absolute Gasteiger partial charge is 0.145 e. The standard InChI is InChI=1S/2C16H25ClN2OS/c2*1-15(2,3)14(19-21(20)16(4,5)6)12-10-11(17)8-9-13(12)18-7/h2*8-10,18H,1-7H3/b2*19-14+/t2*21-/m11/s1. The van der Waals surface area contributed by atoms with Gasteiger partial charge in [-0.3, -0.25) is 0 Å². The number of nitrogens with zero attached hydrogens (tertiary/aromatic N) is 2. The zero-order chi connectivity index (χ0) is 32.8. The first-order valence-corrected chi connectivity index (χ1v) is 16.9. The van der Waals surface area contributed by atoms with Gasteiger partial charge in [0, 0.05) is 57.5 Å². The molecule has 6 nitrogen and oxygen atoms in total. The molecule has 0 spiro atoms. The molecule has 0 fully saturated rings. The molecule has 0 heterocycles. The van der Waals surface area contributed by atoms with E-state index in [1.807, 2.05) is 92.0 Å². The highest BCUT2D eigenvalue weighted by Crippen LogP contribution is 2.32. The number of halogens is 2. The number of hydrogen-bond donors (Lipinski definition) is 2. The van der Waals surface area contributed by atoms with Crippen molar-refractivity contribution in [1.82, 2.24) is 0 Å². The van der Waals surface area contributed by atoms with E-state index >= 15 is 0 Å². The first-order chi connectivity index (χ1) is 18.9.